The first-order chi connectivity index (χ1) is 7.90. The molecule has 94 valence electrons. The van der Waals surface area contributed by atoms with Crippen LogP contribution < -0.4 is 0 Å². The topological polar surface area (TPSA) is 41.9 Å². The Morgan fingerprint density at radius 2 is 2.12 bits per heavy atom. The van der Waals surface area contributed by atoms with E-state index in [0.717, 1.165) is 39.3 Å². The summed E-state index contributed by atoms with van der Waals surface area (Å²) in [6, 6.07) is 0.707. The molecule has 2 aliphatic rings. The normalized spacial score (nSPS) is 25.5. The third-order valence-corrected chi connectivity index (χ3v) is 3.30. The fourth-order valence-corrected chi connectivity index (χ4v) is 2.22. The minimum atomic E-state index is 0.252. The van der Waals surface area contributed by atoms with Gasteiger partial charge < -0.3 is 14.6 Å². The van der Waals surface area contributed by atoms with Gasteiger partial charge in [0, 0.05) is 25.7 Å². The Hall–Kier alpha value is -0.160. The van der Waals surface area contributed by atoms with E-state index in [1.165, 1.54) is 19.3 Å². The van der Waals surface area contributed by atoms with E-state index < -0.39 is 0 Å². The second-order valence-corrected chi connectivity index (χ2v) is 4.70. The van der Waals surface area contributed by atoms with Crippen molar-refractivity contribution < 1.29 is 14.6 Å². The summed E-state index contributed by atoms with van der Waals surface area (Å²) in [5, 5.41) is 8.94. The van der Waals surface area contributed by atoms with Crippen LogP contribution in [0.2, 0.25) is 0 Å². The average molecular weight is 229 g/mol. The largest absolute Gasteiger partial charge is 0.395 e. The summed E-state index contributed by atoms with van der Waals surface area (Å²) in [7, 11) is 0. The van der Waals surface area contributed by atoms with E-state index >= 15 is 0 Å². The molecule has 0 aromatic rings. The Morgan fingerprint density at radius 3 is 2.75 bits per heavy atom. The smallest absolute Gasteiger partial charge is 0.0809 e. The van der Waals surface area contributed by atoms with Crippen molar-refractivity contribution in [1.82, 2.24) is 4.90 Å². The van der Waals surface area contributed by atoms with Gasteiger partial charge in [0.1, 0.15) is 0 Å². The minimum Gasteiger partial charge on any atom is -0.395 e. The third kappa shape index (κ3) is 4.01. The molecule has 0 bridgehead atoms. The van der Waals surface area contributed by atoms with Gasteiger partial charge in [-0.2, -0.15) is 0 Å². The Morgan fingerprint density at radius 1 is 1.25 bits per heavy atom. The summed E-state index contributed by atoms with van der Waals surface area (Å²) in [5.41, 5.74) is 0. The maximum Gasteiger partial charge on any atom is 0.0809 e. The molecule has 1 N–H and O–H groups in total. The first kappa shape index (κ1) is 12.3. The molecule has 0 spiro atoms. The fraction of sp³-hybridized carbons (Fsp3) is 1.00. The van der Waals surface area contributed by atoms with Crippen LogP contribution in [0.1, 0.15) is 25.7 Å². The van der Waals surface area contributed by atoms with Crippen LogP contribution in [0.4, 0.5) is 0 Å². The summed E-state index contributed by atoms with van der Waals surface area (Å²) in [4.78, 5) is 2.33. The molecule has 4 heteroatoms. The van der Waals surface area contributed by atoms with Gasteiger partial charge in [0.25, 0.3) is 0 Å². The lowest BCUT2D eigenvalue weighted by Crippen LogP contribution is -2.33. The second-order valence-electron chi connectivity index (χ2n) is 4.70. The number of hydrogen-bond acceptors (Lipinski definition) is 4. The molecule has 1 saturated heterocycles. The molecule has 0 radical (unpaired) electrons. The molecule has 1 atom stereocenters. The maximum atomic E-state index is 8.94. The van der Waals surface area contributed by atoms with Gasteiger partial charge in [0.2, 0.25) is 0 Å². The lowest BCUT2D eigenvalue weighted by molar-refractivity contribution is 0.00872. The summed E-state index contributed by atoms with van der Waals surface area (Å²) < 4.78 is 11.1. The van der Waals surface area contributed by atoms with E-state index in [2.05, 4.69) is 4.90 Å². The van der Waals surface area contributed by atoms with Crippen molar-refractivity contribution in [3.8, 4) is 0 Å². The number of ether oxygens (including phenoxy) is 2. The lowest BCUT2D eigenvalue weighted by Gasteiger charge is -2.21. The first-order valence-corrected chi connectivity index (χ1v) is 6.44. The third-order valence-electron chi connectivity index (χ3n) is 3.30. The van der Waals surface area contributed by atoms with Crippen LogP contribution in [0.25, 0.3) is 0 Å². The number of rotatable bonds is 8. The minimum absolute atomic E-state index is 0.252. The Labute approximate surface area is 97.5 Å². The highest BCUT2D eigenvalue weighted by Gasteiger charge is 2.28. The molecule has 16 heavy (non-hydrogen) atoms. The molecule has 1 saturated carbocycles. The Bertz CT molecular complexity index is 191. The number of aliphatic hydroxyl groups excluding tert-OH is 1. The Kier molecular flexibility index (Phi) is 5.03. The van der Waals surface area contributed by atoms with Crippen LogP contribution in [-0.4, -0.2) is 61.7 Å². The highest BCUT2D eigenvalue weighted by Crippen LogP contribution is 2.26. The van der Waals surface area contributed by atoms with Crippen LogP contribution in [-0.2, 0) is 9.47 Å². The van der Waals surface area contributed by atoms with Gasteiger partial charge in [0.05, 0.1) is 25.9 Å². The standard InChI is InChI=1S/C12H23NO3/c14-7-5-13(11-3-4-11)6-9-15-10-12-2-1-8-16-12/h11-12,14H,1-10H2. The highest BCUT2D eigenvalue weighted by atomic mass is 16.5. The van der Waals surface area contributed by atoms with Gasteiger partial charge in [-0.3, -0.25) is 4.90 Å². The zero-order chi connectivity index (χ0) is 11.2. The molecule has 1 heterocycles. The zero-order valence-corrected chi connectivity index (χ0v) is 9.94. The molecular formula is C12H23NO3. The van der Waals surface area contributed by atoms with Crippen LogP contribution in [0.5, 0.6) is 0 Å². The van der Waals surface area contributed by atoms with Gasteiger partial charge in [0.15, 0.2) is 0 Å². The summed E-state index contributed by atoms with van der Waals surface area (Å²) in [6.45, 7) is 4.37. The molecule has 0 amide bonds. The molecule has 2 rings (SSSR count). The molecule has 4 nitrogen and oxygen atoms in total. The molecule has 0 aromatic carbocycles. The van der Waals surface area contributed by atoms with E-state index in [1.54, 1.807) is 0 Å². The first-order valence-electron chi connectivity index (χ1n) is 6.44. The summed E-state index contributed by atoms with van der Waals surface area (Å²) >= 11 is 0. The van der Waals surface area contributed by atoms with Crippen molar-refractivity contribution in [2.24, 2.45) is 0 Å². The van der Waals surface area contributed by atoms with Gasteiger partial charge >= 0.3 is 0 Å². The summed E-state index contributed by atoms with van der Waals surface area (Å²) in [6.07, 6.45) is 5.21. The monoisotopic (exact) mass is 229 g/mol. The zero-order valence-electron chi connectivity index (χ0n) is 9.94. The van der Waals surface area contributed by atoms with Crippen LogP contribution in [0.3, 0.4) is 0 Å². The molecule has 2 fully saturated rings. The van der Waals surface area contributed by atoms with E-state index in [4.69, 9.17) is 14.6 Å². The quantitative estimate of drug-likeness (QED) is 0.620. The SMILES string of the molecule is OCCN(CCOCC1CCCO1)C1CC1. The van der Waals surface area contributed by atoms with Crippen molar-refractivity contribution >= 4 is 0 Å². The van der Waals surface area contributed by atoms with Crippen molar-refractivity contribution in [1.29, 1.82) is 0 Å². The maximum absolute atomic E-state index is 8.94. The lowest BCUT2D eigenvalue weighted by atomic mass is 10.2. The van der Waals surface area contributed by atoms with Gasteiger partial charge in [-0.05, 0) is 25.7 Å². The van der Waals surface area contributed by atoms with E-state index in [-0.39, 0.29) is 6.61 Å². The number of nitrogens with zero attached hydrogens (tertiary/aromatic N) is 1. The fourth-order valence-electron chi connectivity index (χ4n) is 2.22. The van der Waals surface area contributed by atoms with Gasteiger partial charge in [-0.15, -0.1) is 0 Å². The second kappa shape index (κ2) is 6.55. The highest BCUT2D eigenvalue weighted by molar-refractivity contribution is 4.84. The van der Waals surface area contributed by atoms with Crippen LogP contribution in [0, 0.1) is 0 Å². The van der Waals surface area contributed by atoms with Gasteiger partial charge in [-0.1, -0.05) is 0 Å². The van der Waals surface area contributed by atoms with E-state index in [1.807, 2.05) is 0 Å². The van der Waals surface area contributed by atoms with E-state index in [9.17, 15) is 0 Å². The predicted octanol–water partition coefficient (Wildman–Crippen LogP) is 0.639. The van der Waals surface area contributed by atoms with Gasteiger partial charge in [-0.25, -0.2) is 0 Å². The molecule has 1 unspecified atom stereocenters. The van der Waals surface area contributed by atoms with Crippen molar-refractivity contribution in [3.05, 3.63) is 0 Å². The number of aliphatic hydroxyl groups is 1. The molecule has 1 aliphatic heterocycles. The predicted molar refractivity (Wildman–Crippen MR) is 61.5 cm³/mol. The molecular weight excluding hydrogens is 206 g/mol. The Balaban J connectivity index is 1.51. The molecule has 0 aromatic heterocycles. The van der Waals surface area contributed by atoms with E-state index in [0.29, 0.717) is 12.1 Å². The number of hydrogen-bond donors (Lipinski definition) is 1. The van der Waals surface area contributed by atoms with Crippen LogP contribution in [0.15, 0.2) is 0 Å². The molecule has 1 aliphatic carbocycles. The van der Waals surface area contributed by atoms with Crippen molar-refractivity contribution in [3.63, 3.8) is 0 Å². The summed E-state index contributed by atoms with van der Waals surface area (Å²) in [5.74, 6) is 0. The van der Waals surface area contributed by atoms with Crippen LogP contribution >= 0.6 is 0 Å². The van der Waals surface area contributed by atoms with Crippen molar-refractivity contribution in [2.45, 2.75) is 37.8 Å². The van der Waals surface area contributed by atoms with Crippen molar-refractivity contribution in [2.75, 3.05) is 39.5 Å². The average Bonchev–Trinajstić information content (AvgIpc) is 3.01.